The van der Waals surface area contributed by atoms with Crippen molar-refractivity contribution < 1.29 is 0 Å². The number of benzene rings is 2. The molecule has 0 saturated carbocycles. The maximum Gasteiger partial charge on any atom is 0.0711 e. The minimum Gasteiger partial charge on any atom is -0.399 e. The molecule has 0 atom stereocenters. The lowest BCUT2D eigenvalue weighted by Crippen LogP contribution is -1.97. The fourth-order valence-electron chi connectivity index (χ4n) is 1.02. The summed E-state index contributed by atoms with van der Waals surface area (Å²) in [6.45, 7) is 2.00. The predicted octanol–water partition coefficient (Wildman–Crippen LogP) is 2.06. The molecule has 0 aromatic heterocycles. The lowest BCUT2D eigenvalue weighted by Gasteiger charge is -1.93. The van der Waals surface area contributed by atoms with Crippen LogP contribution in [0.5, 0.6) is 0 Å². The number of anilines is 1. The van der Waals surface area contributed by atoms with Crippen LogP contribution >= 0.6 is 0 Å². The summed E-state index contributed by atoms with van der Waals surface area (Å²) in [5.41, 5.74) is 7.53. The Hall–Kier alpha value is -1.54. The standard InChI is InChI=1S/C7H9N.C6H5Si/c1-6-4-2-3-5-7(6)8;7-6-4-2-1-3-5-6/h2-5H,8H2,1H3;1-5H. The molecule has 2 aromatic rings. The molecular weight excluding hydrogens is 198 g/mol. The number of hydrogen-bond acceptors (Lipinski definition) is 1. The average Bonchev–Trinajstić information content (AvgIpc) is 2.25. The Morgan fingerprint density at radius 1 is 0.867 bits per heavy atom. The molecule has 2 heteroatoms. The molecular formula is C13H14NSi. The van der Waals surface area contributed by atoms with E-state index in [0.29, 0.717) is 0 Å². The molecule has 3 radical (unpaired) electrons. The van der Waals surface area contributed by atoms with Crippen LogP contribution in [-0.4, -0.2) is 10.2 Å². The summed E-state index contributed by atoms with van der Waals surface area (Å²) in [4.78, 5) is 0. The molecule has 0 unspecified atom stereocenters. The lowest BCUT2D eigenvalue weighted by molar-refractivity contribution is 1.47. The molecule has 0 fully saturated rings. The second-order valence-electron chi connectivity index (χ2n) is 3.22. The Labute approximate surface area is 94.4 Å². The van der Waals surface area contributed by atoms with Gasteiger partial charge < -0.3 is 5.73 Å². The number of nitrogen functional groups attached to an aromatic ring is 1. The monoisotopic (exact) mass is 212 g/mol. The van der Waals surface area contributed by atoms with Gasteiger partial charge in [0.25, 0.3) is 0 Å². The number of para-hydroxylation sites is 1. The quantitative estimate of drug-likeness (QED) is 0.525. The summed E-state index contributed by atoms with van der Waals surface area (Å²) in [6, 6.07) is 17.8. The zero-order chi connectivity index (χ0) is 11.1. The first-order valence-electron chi connectivity index (χ1n) is 4.78. The molecule has 0 aliphatic rings. The van der Waals surface area contributed by atoms with E-state index in [4.69, 9.17) is 5.73 Å². The van der Waals surface area contributed by atoms with Crippen molar-refractivity contribution in [2.24, 2.45) is 0 Å². The Kier molecular flexibility index (Phi) is 4.64. The normalized spacial score (nSPS) is 8.93. The highest BCUT2D eigenvalue weighted by molar-refractivity contribution is 6.32. The van der Waals surface area contributed by atoms with Crippen LogP contribution in [0.25, 0.3) is 0 Å². The van der Waals surface area contributed by atoms with Gasteiger partial charge in [-0.05, 0) is 18.6 Å². The molecule has 0 amide bonds. The zero-order valence-corrected chi connectivity index (χ0v) is 9.77. The van der Waals surface area contributed by atoms with E-state index in [1.807, 2.05) is 61.5 Å². The number of aryl methyl sites for hydroxylation is 1. The first kappa shape index (κ1) is 11.5. The predicted molar refractivity (Wildman–Crippen MR) is 67.4 cm³/mol. The molecule has 2 aromatic carbocycles. The van der Waals surface area contributed by atoms with Gasteiger partial charge in [-0.3, -0.25) is 0 Å². The van der Waals surface area contributed by atoms with E-state index in [1.165, 1.54) is 0 Å². The third-order valence-electron chi connectivity index (χ3n) is 1.96. The summed E-state index contributed by atoms with van der Waals surface area (Å²) in [6.07, 6.45) is 0. The molecule has 0 saturated heterocycles. The van der Waals surface area contributed by atoms with Crippen molar-refractivity contribution in [3.63, 3.8) is 0 Å². The fourth-order valence-corrected chi connectivity index (χ4v) is 1.22. The van der Waals surface area contributed by atoms with E-state index in [2.05, 4.69) is 10.2 Å². The average molecular weight is 212 g/mol. The van der Waals surface area contributed by atoms with Gasteiger partial charge in [-0.25, -0.2) is 0 Å². The van der Waals surface area contributed by atoms with Gasteiger partial charge in [0.1, 0.15) is 0 Å². The van der Waals surface area contributed by atoms with Crippen molar-refractivity contribution >= 4 is 21.1 Å². The molecule has 0 aliphatic heterocycles. The van der Waals surface area contributed by atoms with Crippen molar-refractivity contribution in [3.05, 3.63) is 60.2 Å². The van der Waals surface area contributed by atoms with Gasteiger partial charge in [0.2, 0.25) is 0 Å². The molecule has 2 rings (SSSR count). The minimum atomic E-state index is 0.868. The van der Waals surface area contributed by atoms with E-state index >= 15 is 0 Å². The van der Waals surface area contributed by atoms with Crippen LogP contribution in [0, 0.1) is 6.92 Å². The van der Waals surface area contributed by atoms with Gasteiger partial charge >= 0.3 is 0 Å². The van der Waals surface area contributed by atoms with Crippen molar-refractivity contribution in [1.29, 1.82) is 0 Å². The molecule has 1 nitrogen and oxygen atoms in total. The maximum absolute atomic E-state index is 5.52. The van der Waals surface area contributed by atoms with Gasteiger partial charge in [-0.2, -0.15) is 0 Å². The first-order valence-corrected chi connectivity index (χ1v) is 5.28. The molecule has 15 heavy (non-hydrogen) atoms. The van der Waals surface area contributed by atoms with E-state index in [-0.39, 0.29) is 0 Å². The summed E-state index contributed by atoms with van der Waals surface area (Å²) in [7, 11) is 3.36. The number of hydrogen-bond donors (Lipinski definition) is 1. The summed E-state index contributed by atoms with van der Waals surface area (Å²) in [5.74, 6) is 0. The summed E-state index contributed by atoms with van der Waals surface area (Å²) >= 11 is 0. The SMILES string of the molecule is Cc1ccccc1N.[Si]c1ccccc1. The van der Waals surface area contributed by atoms with E-state index in [0.717, 1.165) is 16.4 Å². The molecule has 0 heterocycles. The van der Waals surface area contributed by atoms with Crippen LogP contribution < -0.4 is 10.9 Å². The minimum absolute atomic E-state index is 0.868. The molecule has 0 spiro atoms. The van der Waals surface area contributed by atoms with Crippen molar-refractivity contribution in [2.75, 3.05) is 5.73 Å². The highest BCUT2D eigenvalue weighted by Crippen LogP contribution is 2.06. The van der Waals surface area contributed by atoms with Crippen molar-refractivity contribution in [1.82, 2.24) is 0 Å². The Morgan fingerprint density at radius 2 is 1.40 bits per heavy atom. The Balaban J connectivity index is 0.000000151. The van der Waals surface area contributed by atoms with Gasteiger partial charge in [-0.15, -0.1) is 0 Å². The second kappa shape index (κ2) is 6.04. The topological polar surface area (TPSA) is 26.0 Å². The Bertz CT molecular complexity index is 377. The van der Waals surface area contributed by atoms with E-state index in [1.54, 1.807) is 0 Å². The maximum atomic E-state index is 5.52. The van der Waals surface area contributed by atoms with Crippen LogP contribution in [0.15, 0.2) is 54.6 Å². The van der Waals surface area contributed by atoms with Gasteiger partial charge in [0, 0.05) is 5.69 Å². The Morgan fingerprint density at radius 3 is 1.73 bits per heavy atom. The van der Waals surface area contributed by atoms with Gasteiger partial charge in [-0.1, -0.05) is 53.7 Å². The van der Waals surface area contributed by atoms with Crippen molar-refractivity contribution in [3.8, 4) is 0 Å². The number of nitrogens with two attached hydrogens (primary N) is 1. The molecule has 0 bridgehead atoms. The second-order valence-corrected chi connectivity index (χ2v) is 3.80. The third-order valence-corrected chi connectivity index (χ3v) is 2.30. The van der Waals surface area contributed by atoms with Crippen LogP contribution in [0.1, 0.15) is 5.56 Å². The first-order chi connectivity index (χ1) is 7.20. The lowest BCUT2D eigenvalue weighted by atomic mass is 10.2. The van der Waals surface area contributed by atoms with Crippen LogP contribution in [0.3, 0.4) is 0 Å². The summed E-state index contributed by atoms with van der Waals surface area (Å²) < 4.78 is 0. The summed E-state index contributed by atoms with van der Waals surface area (Å²) in [5, 5.41) is 1.13. The highest BCUT2D eigenvalue weighted by Gasteiger charge is 1.84. The van der Waals surface area contributed by atoms with E-state index in [9.17, 15) is 0 Å². The smallest absolute Gasteiger partial charge is 0.0711 e. The van der Waals surface area contributed by atoms with E-state index < -0.39 is 0 Å². The highest BCUT2D eigenvalue weighted by atomic mass is 28.1. The van der Waals surface area contributed by atoms with Crippen LogP contribution in [-0.2, 0) is 0 Å². The third kappa shape index (κ3) is 4.47. The molecule has 2 N–H and O–H groups in total. The number of rotatable bonds is 0. The van der Waals surface area contributed by atoms with Crippen LogP contribution in [0.4, 0.5) is 5.69 Å². The molecule has 75 valence electrons. The fraction of sp³-hybridized carbons (Fsp3) is 0.0769. The largest absolute Gasteiger partial charge is 0.399 e. The zero-order valence-electron chi connectivity index (χ0n) is 8.77. The van der Waals surface area contributed by atoms with Crippen molar-refractivity contribution in [2.45, 2.75) is 6.92 Å². The van der Waals surface area contributed by atoms with Crippen LogP contribution in [0.2, 0.25) is 0 Å². The van der Waals surface area contributed by atoms with Gasteiger partial charge in [0.05, 0.1) is 10.2 Å². The molecule has 0 aliphatic carbocycles. The van der Waals surface area contributed by atoms with Gasteiger partial charge in [0.15, 0.2) is 0 Å².